The van der Waals surface area contributed by atoms with Gasteiger partial charge in [-0.3, -0.25) is 4.79 Å². The van der Waals surface area contributed by atoms with E-state index in [1.54, 1.807) is 0 Å². The zero-order chi connectivity index (χ0) is 15.1. The Morgan fingerprint density at radius 3 is 2.75 bits per heavy atom. The number of aliphatic hydroxyl groups is 1. The van der Waals surface area contributed by atoms with Crippen LogP contribution in [0.15, 0.2) is 23.1 Å². The number of ether oxygens (including phenoxy) is 1. The predicted molar refractivity (Wildman–Crippen MR) is 68.1 cm³/mol. The Morgan fingerprint density at radius 2 is 2.15 bits per heavy atom. The Morgan fingerprint density at radius 1 is 1.45 bits per heavy atom. The van der Waals surface area contributed by atoms with Crippen molar-refractivity contribution in [2.75, 3.05) is 19.5 Å². The normalized spacial score (nSPS) is 11.8. The third-order valence-electron chi connectivity index (χ3n) is 2.26. The molecular weight excluding hydrogens is 292 g/mol. The number of benzene rings is 1. The largest absolute Gasteiger partial charge is 0.467 e. The van der Waals surface area contributed by atoms with Crippen LogP contribution in [0.2, 0.25) is 0 Å². The number of rotatable bonds is 6. The smallest absolute Gasteiger partial charge is 0.330 e. The van der Waals surface area contributed by atoms with Gasteiger partial charge in [0.25, 0.3) is 0 Å². The number of amides is 1. The maximum atomic E-state index is 13.3. The molecule has 1 rings (SSSR count). The zero-order valence-corrected chi connectivity index (χ0v) is 11.4. The van der Waals surface area contributed by atoms with Crippen molar-refractivity contribution in [3.63, 3.8) is 0 Å². The van der Waals surface area contributed by atoms with Crippen LogP contribution in [-0.4, -0.2) is 42.5 Å². The van der Waals surface area contributed by atoms with E-state index in [-0.39, 0.29) is 10.6 Å². The lowest BCUT2D eigenvalue weighted by Gasteiger charge is -2.13. The highest BCUT2D eigenvalue weighted by Crippen LogP contribution is 2.22. The Kier molecular flexibility index (Phi) is 6.40. The second kappa shape index (κ2) is 7.81. The lowest BCUT2D eigenvalue weighted by atomic mass is 10.3. The summed E-state index contributed by atoms with van der Waals surface area (Å²) < 4.78 is 30.6. The summed E-state index contributed by atoms with van der Waals surface area (Å²) >= 11 is 0.780. The van der Waals surface area contributed by atoms with Gasteiger partial charge in [-0.15, -0.1) is 11.8 Å². The molecule has 0 aliphatic heterocycles. The molecular formula is C12H13F2NO4S. The van der Waals surface area contributed by atoms with Crippen LogP contribution in [-0.2, 0) is 14.3 Å². The van der Waals surface area contributed by atoms with Gasteiger partial charge in [0.1, 0.15) is 11.6 Å². The monoisotopic (exact) mass is 305 g/mol. The van der Waals surface area contributed by atoms with Crippen LogP contribution in [0.3, 0.4) is 0 Å². The highest BCUT2D eigenvalue weighted by molar-refractivity contribution is 8.00. The third-order valence-corrected chi connectivity index (χ3v) is 3.29. The highest BCUT2D eigenvalue weighted by atomic mass is 32.2. The molecule has 0 saturated carbocycles. The number of methoxy groups -OCH3 is 1. The van der Waals surface area contributed by atoms with Crippen LogP contribution in [0.1, 0.15) is 0 Å². The number of hydrogen-bond donors (Lipinski definition) is 2. The first-order valence-electron chi connectivity index (χ1n) is 5.53. The summed E-state index contributed by atoms with van der Waals surface area (Å²) in [6.07, 6.45) is 0. The van der Waals surface area contributed by atoms with Crippen molar-refractivity contribution < 1.29 is 28.2 Å². The van der Waals surface area contributed by atoms with E-state index in [4.69, 9.17) is 5.11 Å². The molecule has 8 heteroatoms. The van der Waals surface area contributed by atoms with Crippen molar-refractivity contribution >= 4 is 23.6 Å². The van der Waals surface area contributed by atoms with Gasteiger partial charge in [0.05, 0.1) is 19.5 Å². The fraction of sp³-hybridized carbons (Fsp3) is 0.333. The van der Waals surface area contributed by atoms with E-state index in [1.807, 2.05) is 0 Å². The molecule has 110 valence electrons. The number of nitrogens with one attached hydrogen (secondary N) is 1. The Bertz CT molecular complexity index is 498. The summed E-state index contributed by atoms with van der Waals surface area (Å²) in [5.41, 5.74) is 0. The minimum atomic E-state index is -1.18. The third kappa shape index (κ3) is 4.78. The standard InChI is InChI=1S/C12H13F2NO4S/c1-19-12(18)9(5-16)15-11(17)6-20-10-4-7(13)2-3-8(10)14/h2-4,9,16H,5-6H2,1H3,(H,15,17)/t9-/m0/s1. The van der Waals surface area contributed by atoms with E-state index < -0.39 is 36.2 Å². The fourth-order valence-electron chi connectivity index (χ4n) is 1.29. The summed E-state index contributed by atoms with van der Waals surface area (Å²) in [6.45, 7) is -0.614. The summed E-state index contributed by atoms with van der Waals surface area (Å²) in [5, 5.41) is 11.1. The first-order chi connectivity index (χ1) is 9.47. The molecule has 0 aliphatic carbocycles. The number of thioether (sulfide) groups is 1. The molecule has 0 bridgehead atoms. The predicted octanol–water partition coefficient (Wildman–Crippen LogP) is 0.707. The molecule has 0 spiro atoms. The van der Waals surface area contributed by atoms with Crippen molar-refractivity contribution in [3.05, 3.63) is 29.8 Å². The molecule has 20 heavy (non-hydrogen) atoms. The van der Waals surface area contributed by atoms with Crippen molar-refractivity contribution in [1.29, 1.82) is 0 Å². The van der Waals surface area contributed by atoms with E-state index in [0.717, 1.165) is 37.1 Å². The molecule has 0 unspecified atom stereocenters. The Hall–Kier alpha value is -1.67. The Labute approximate surface area is 118 Å². The molecule has 1 amide bonds. The minimum Gasteiger partial charge on any atom is -0.467 e. The quantitative estimate of drug-likeness (QED) is 0.598. The van der Waals surface area contributed by atoms with Gasteiger partial charge in [0, 0.05) is 4.90 Å². The maximum Gasteiger partial charge on any atom is 0.330 e. The summed E-state index contributed by atoms with van der Waals surface area (Å²) in [4.78, 5) is 22.7. The van der Waals surface area contributed by atoms with E-state index in [1.165, 1.54) is 0 Å². The average molecular weight is 305 g/mol. The number of aliphatic hydroxyl groups excluding tert-OH is 1. The molecule has 1 aromatic carbocycles. The summed E-state index contributed by atoms with van der Waals surface area (Å²) in [7, 11) is 1.12. The SMILES string of the molecule is COC(=O)[C@H](CO)NC(=O)CSc1cc(F)ccc1F. The molecule has 0 aromatic heterocycles. The van der Waals surface area contributed by atoms with Crippen molar-refractivity contribution in [2.24, 2.45) is 0 Å². The maximum absolute atomic E-state index is 13.3. The van der Waals surface area contributed by atoms with Gasteiger partial charge in [-0.2, -0.15) is 0 Å². The lowest BCUT2D eigenvalue weighted by molar-refractivity contribution is -0.145. The second-order valence-corrected chi connectivity index (χ2v) is 4.71. The van der Waals surface area contributed by atoms with Gasteiger partial charge in [0.15, 0.2) is 6.04 Å². The first-order valence-corrected chi connectivity index (χ1v) is 6.52. The molecule has 1 atom stereocenters. The molecule has 2 N–H and O–H groups in total. The molecule has 0 saturated heterocycles. The van der Waals surface area contributed by atoms with Gasteiger partial charge >= 0.3 is 5.97 Å². The van der Waals surface area contributed by atoms with Gasteiger partial charge in [0.2, 0.25) is 5.91 Å². The van der Waals surface area contributed by atoms with Gasteiger partial charge in [-0.1, -0.05) is 0 Å². The van der Waals surface area contributed by atoms with Crippen molar-refractivity contribution in [1.82, 2.24) is 5.32 Å². The van der Waals surface area contributed by atoms with Crippen molar-refractivity contribution in [2.45, 2.75) is 10.9 Å². The van der Waals surface area contributed by atoms with Gasteiger partial charge in [-0.25, -0.2) is 13.6 Å². The van der Waals surface area contributed by atoms with Gasteiger partial charge in [-0.05, 0) is 18.2 Å². The Balaban J connectivity index is 2.54. The van der Waals surface area contributed by atoms with Crippen LogP contribution < -0.4 is 5.32 Å². The van der Waals surface area contributed by atoms with Crippen LogP contribution >= 0.6 is 11.8 Å². The zero-order valence-electron chi connectivity index (χ0n) is 10.6. The van der Waals surface area contributed by atoms with Crippen LogP contribution in [0, 0.1) is 11.6 Å². The number of carbonyl (C=O) groups excluding carboxylic acids is 2. The van der Waals surface area contributed by atoms with E-state index in [2.05, 4.69) is 10.1 Å². The average Bonchev–Trinajstić information content (AvgIpc) is 2.44. The van der Waals surface area contributed by atoms with E-state index >= 15 is 0 Å². The highest BCUT2D eigenvalue weighted by Gasteiger charge is 2.20. The number of esters is 1. The summed E-state index contributed by atoms with van der Waals surface area (Å²) in [6, 6.07) is 1.72. The van der Waals surface area contributed by atoms with Crippen LogP contribution in [0.4, 0.5) is 8.78 Å². The van der Waals surface area contributed by atoms with Crippen molar-refractivity contribution in [3.8, 4) is 0 Å². The number of halogens is 2. The second-order valence-electron chi connectivity index (χ2n) is 3.69. The van der Waals surface area contributed by atoms with Gasteiger partial charge < -0.3 is 15.2 Å². The summed E-state index contributed by atoms with van der Waals surface area (Å²) in [5.74, 6) is -2.88. The molecule has 1 aromatic rings. The number of carbonyl (C=O) groups is 2. The lowest BCUT2D eigenvalue weighted by Crippen LogP contribution is -2.44. The van der Waals surface area contributed by atoms with E-state index in [0.29, 0.717) is 0 Å². The van der Waals surface area contributed by atoms with Crippen LogP contribution in [0.25, 0.3) is 0 Å². The molecule has 5 nitrogen and oxygen atoms in total. The molecule has 0 radical (unpaired) electrons. The fourth-order valence-corrected chi connectivity index (χ4v) is 2.06. The minimum absolute atomic E-state index is 0.0150. The van der Waals surface area contributed by atoms with E-state index in [9.17, 15) is 18.4 Å². The molecule has 0 heterocycles. The van der Waals surface area contributed by atoms with Crippen LogP contribution in [0.5, 0.6) is 0 Å². The molecule has 0 aliphatic rings. The molecule has 0 fully saturated rings. The topological polar surface area (TPSA) is 75.6 Å². The number of hydrogen-bond acceptors (Lipinski definition) is 5. The first kappa shape index (κ1) is 16.4.